The zero-order valence-corrected chi connectivity index (χ0v) is 15.2. The van der Waals surface area contributed by atoms with E-state index in [1.807, 2.05) is 24.3 Å². The highest BCUT2D eigenvalue weighted by atomic mass is 79.9. The van der Waals surface area contributed by atoms with Crippen molar-refractivity contribution in [3.63, 3.8) is 0 Å². The van der Waals surface area contributed by atoms with Crippen LogP contribution in [-0.4, -0.2) is 14.3 Å². The molecule has 0 aliphatic heterocycles. The van der Waals surface area contributed by atoms with Crippen LogP contribution in [0.4, 0.5) is 0 Å². The van der Waals surface area contributed by atoms with Crippen molar-refractivity contribution in [2.75, 3.05) is 0 Å². The molecule has 1 aromatic carbocycles. The lowest BCUT2D eigenvalue weighted by atomic mass is 10.1. The van der Waals surface area contributed by atoms with Gasteiger partial charge >= 0.3 is 0 Å². The van der Waals surface area contributed by atoms with Gasteiger partial charge in [-0.3, -0.25) is 4.79 Å². The number of benzene rings is 1. The van der Waals surface area contributed by atoms with E-state index in [-0.39, 0.29) is 22.0 Å². The Bertz CT molecular complexity index is 848. The Hall–Kier alpha value is -1.22. The fraction of sp³-hybridized carbons (Fsp3) is 0.267. The zero-order valence-electron chi connectivity index (χ0n) is 12.0. The Morgan fingerprint density at radius 2 is 2.04 bits per heavy atom. The summed E-state index contributed by atoms with van der Waals surface area (Å²) in [5.41, 5.74) is 1.15. The molecule has 5 nitrogen and oxygen atoms in total. The van der Waals surface area contributed by atoms with Gasteiger partial charge in [0.2, 0.25) is 15.9 Å². The van der Waals surface area contributed by atoms with Crippen LogP contribution in [0.5, 0.6) is 0 Å². The number of primary sulfonamides is 1. The van der Waals surface area contributed by atoms with Crippen molar-refractivity contribution in [3.8, 4) is 0 Å². The van der Waals surface area contributed by atoms with Crippen molar-refractivity contribution < 1.29 is 13.2 Å². The number of rotatable bonds is 5. The van der Waals surface area contributed by atoms with Gasteiger partial charge in [0.1, 0.15) is 4.21 Å². The van der Waals surface area contributed by atoms with Crippen LogP contribution in [0.1, 0.15) is 22.8 Å². The number of sulfonamides is 1. The molecule has 0 spiro atoms. The lowest BCUT2D eigenvalue weighted by molar-refractivity contribution is -0.122. The van der Waals surface area contributed by atoms with E-state index in [0.29, 0.717) is 6.54 Å². The summed E-state index contributed by atoms with van der Waals surface area (Å²) in [6.07, 6.45) is 0.835. The van der Waals surface area contributed by atoms with Crippen LogP contribution >= 0.6 is 27.3 Å². The molecule has 1 heterocycles. The van der Waals surface area contributed by atoms with E-state index < -0.39 is 10.0 Å². The van der Waals surface area contributed by atoms with Gasteiger partial charge in [-0.1, -0.05) is 34.1 Å². The largest absolute Gasteiger partial charge is 0.351 e. The molecule has 1 aliphatic carbocycles. The predicted molar refractivity (Wildman–Crippen MR) is 92.5 cm³/mol. The molecule has 8 heteroatoms. The molecule has 23 heavy (non-hydrogen) atoms. The minimum absolute atomic E-state index is 0.00342. The normalized spacial score (nSPS) is 20.3. The van der Waals surface area contributed by atoms with Crippen LogP contribution in [0.25, 0.3) is 0 Å². The number of hydrogen-bond acceptors (Lipinski definition) is 4. The molecule has 1 saturated carbocycles. The second kappa shape index (κ2) is 6.35. The van der Waals surface area contributed by atoms with Crippen molar-refractivity contribution >= 4 is 43.2 Å². The first-order valence-electron chi connectivity index (χ1n) is 7.00. The molecule has 3 rings (SSSR count). The molecular formula is C15H15BrN2O3S2. The highest BCUT2D eigenvalue weighted by molar-refractivity contribution is 9.10. The molecule has 0 radical (unpaired) electrons. The third kappa shape index (κ3) is 3.82. The van der Waals surface area contributed by atoms with Crippen molar-refractivity contribution in [1.29, 1.82) is 0 Å². The summed E-state index contributed by atoms with van der Waals surface area (Å²) < 4.78 is 23.6. The quantitative estimate of drug-likeness (QED) is 0.787. The van der Waals surface area contributed by atoms with Crippen LogP contribution in [-0.2, 0) is 21.4 Å². The monoisotopic (exact) mass is 414 g/mol. The SMILES string of the molecule is NS(=O)(=O)c1ccc(CNC(=O)[C@@H]2C[C@@H]2c2ccccc2Br)s1. The molecule has 1 fully saturated rings. The number of halogens is 1. The summed E-state index contributed by atoms with van der Waals surface area (Å²) in [6, 6.07) is 11.0. The standard InChI is InChI=1S/C15H15BrN2O3S2/c16-13-4-2-1-3-10(13)11-7-12(11)15(19)18-8-9-5-6-14(22-9)23(17,20)21/h1-6,11-12H,7-8H2,(H,18,19)(H2,17,20,21)/t11-,12-/m1/s1. The van der Waals surface area contributed by atoms with Gasteiger partial charge in [0, 0.05) is 15.3 Å². The van der Waals surface area contributed by atoms with Crippen molar-refractivity contribution in [2.45, 2.75) is 23.1 Å². The first-order chi connectivity index (χ1) is 10.9. The first kappa shape index (κ1) is 16.6. The maximum atomic E-state index is 12.2. The Morgan fingerprint density at radius 3 is 2.70 bits per heavy atom. The lowest BCUT2D eigenvalue weighted by Gasteiger charge is -2.05. The number of hydrogen-bond donors (Lipinski definition) is 2. The summed E-state index contributed by atoms with van der Waals surface area (Å²) in [4.78, 5) is 13.0. The van der Waals surface area contributed by atoms with Gasteiger partial charge in [0.05, 0.1) is 6.54 Å². The molecule has 1 aliphatic rings. The molecule has 2 atom stereocenters. The summed E-state index contributed by atoms with van der Waals surface area (Å²) in [5, 5.41) is 7.94. The van der Waals surface area contributed by atoms with E-state index in [4.69, 9.17) is 5.14 Å². The van der Waals surface area contributed by atoms with Gasteiger partial charge < -0.3 is 5.32 Å². The van der Waals surface area contributed by atoms with E-state index >= 15 is 0 Å². The molecular weight excluding hydrogens is 400 g/mol. The molecule has 0 saturated heterocycles. The second-order valence-electron chi connectivity index (χ2n) is 5.45. The van der Waals surface area contributed by atoms with E-state index in [1.54, 1.807) is 6.07 Å². The van der Waals surface area contributed by atoms with Crippen molar-refractivity contribution in [3.05, 3.63) is 51.3 Å². The van der Waals surface area contributed by atoms with Gasteiger partial charge in [0.25, 0.3) is 0 Å². The van der Waals surface area contributed by atoms with Crippen LogP contribution in [0.3, 0.4) is 0 Å². The van der Waals surface area contributed by atoms with E-state index in [9.17, 15) is 13.2 Å². The molecule has 2 aromatic rings. The number of nitrogens with one attached hydrogen (secondary N) is 1. The molecule has 122 valence electrons. The maximum Gasteiger partial charge on any atom is 0.247 e. The number of nitrogens with two attached hydrogens (primary N) is 1. The van der Waals surface area contributed by atoms with E-state index in [2.05, 4.69) is 21.2 Å². The van der Waals surface area contributed by atoms with Gasteiger partial charge in [-0.05, 0) is 36.1 Å². The topological polar surface area (TPSA) is 89.3 Å². The van der Waals surface area contributed by atoms with Gasteiger partial charge in [-0.15, -0.1) is 11.3 Å². The fourth-order valence-corrected chi connectivity index (χ4v) is 4.81. The third-order valence-corrected chi connectivity index (χ3v) is 7.03. The van der Waals surface area contributed by atoms with E-state index in [1.165, 1.54) is 6.07 Å². The Morgan fingerprint density at radius 1 is 1.30 bits per heavy atom. The number of carbonyl (C=O) groups is 1. The minimum Gasteiger partial charge on any atom is -0.351 e. The predicted octanol–water partition coefficient (Wildman–Crippen LogP) is 2.58. The van der Waals surface area contributed by atoms with Crippen LogP contribution < -0.4 is 10.5 Å². The van der Waals surface area contributed by atoms with Gasteiger partial charge in [-0.25, -0.2) is 13.6 Å². The highest BCUT2D eigenvalue weighted by Crippen LogP contribution is 2.49. The number of thiophene rings is 1. The number of amides is 1. The third-order valence-electron chi connectivity index (χ3n) is 3.79. The molecule has 3 N–H and O–H groups in total. The van der Waals surface area contributed by atoms with E-state index in [0.717, 1.165) is 32.7 Å². The van der Waals surface area contributed by atoms with Crippen molar-refractivity contribution in [1.82, 2.24) is 5.32 Å². The van der Waals surface area contributed by atoms with Crippen LogP contribution in [0.15, 0.2) is 45.1 Å². The summed E-state index contributed by atoms with van der Waals surface area (Å²) in [7, 11) is -3.67. The van der Waals surface area contributed by atoms with Crippen molar-refractivity contribution in [2.24, 2.45) is 11.1 Å². The Labute approximate surface area is 147 Å². The molecule has 1 aromatic heterocycles. The molecule has 0 unspecified atom stereocenters. The summed E-state index contributed by atoms with van der Waals surface area (Å²) in [5.74, 6) is 0.219. The summed E-state index contributed by atoms with van der Waals surface area (Å²) in [6.45, 7) is 0.318. The molecule has 0 bridgehead atoms. The summed E-state index contributed by atoms with van der Waals surface area (Å²) >= 11 is 4.59. The minimum atomic E-state index is -3.67. The first-order valence-corrected chi connectivity index (χ1v) is 10.2. The average Bonchev–Trinajstić information content (AvgIpc) is 3.12. The van der Waals surface area contributed by atoms with Crippen LogP contribution in [0.2, 0.25) is 0 Å². The van der Waals surface area contributed by atoms with Crippen LogP contribution in [0, 0.1) is 5.92 Å². The Kier molecular flexibility index (Phi) is 4.59. The average molecular weight is 415 g/mol. The highest BCUT2D eigenvalue weighted by Gasteiger charge is 2.44. The second-order valence-corrected chi connectivity index (χ2v) is 9.26. The Balaban J connectivity index is 1.57. The van der Waals surface area contributed by atoms with Gasteiger partial charge in [0.15, 0.2) is 0 Å². The number of carbonyl (C=O) groups excluding carboxylic acids is 1. The zero-order chi connectivity index (χ0) is 16.6. The molecule has 1 amide bonds. The smallest absolute Gasteiger partial charge is 0.247 e. The van der Waals surface area contributed by atoms with Gasteiger partial charge in [-0.2, -0.15) is 0 Å². The lowest BCUT2D eigenvalue weighted by Crippen LogP contribution is -2.24. The maximum absolute atomic E-state index is 12.2. The fourth-order valence-electron chi connectivity index (χ4n) is 2.52.